The number of halogens is 3. The number of benzene rings is 1. The van der Waals surface area contributed by atoms with E-state index in [2.05, 4.69) is 10.3 Å². The van der Waals surface area contributed by atoms with Crippen molar-refractivity contribution in [3.63, 3.8) is 0 Å². The predicted octanol–water partition coefficient (Wildman–Crippen LogP) is 3.60. The number of hydrogen-bond donors (Lipinski definition) is 0. The first-order chi connectivity index (χ1) is 13.4. The van der Waals surface area contributed by atoms with Crippen LogP contribution in [0, 0.1) is 0 Å². The van der Waals surface area contributed by atoms with E-state index in [1.165, 1.54) is 24.4 Å². The van der Waals surface area contributed by atoms with E-state index in [-0.39, 0.29) is 23.3 Å². The molecule has 1 aromatic carbocycles. The van der Waals surface area contributed by atoms with Crippen molar-refractivity contribution < 1.29 is 18.0 Å². The van der Waals surface area contributed by atoms with Crippen LogP contribution in [-0.2, 0) is 13.2 Å². The second-order valence-electron chi connectivity index (χ2n) is 6.76. The molecule has 4 rings (SSSR count). The van der Waals surface area contributed by atoms with Gasteiger partial charge in [0.15, 0.2) is 5.69 Å². The Morgan fingerprint density at radius 1 is 1.18 bits per heavy atom. The van der Waals surface area contributed by atoms with Crippen LogP contribution < -0.4 is 0 Å². The molecule has 1 aliphatic heterocycles. The Balaban J connectivity index is 1.63. The highest BCUT2D eigenvalue weighted by atomic mass is 19.4. The van der Waals surface area contributed by atoms with Gasteiger partial charge < -0.3 is 9.47 Å². The Morgan fingerprint density at radius 3 is 2.68 bits per heavy atom. The molecule has 9 heteroatoms. The van der Waals surface area contributed by atoms with Crippen LogP contribution in [-0.4, -0.2) is 36.9 Å². The van der Waals surface area contributed by atoms with Crippen LogP contribution >= 0.6 is 0 Å². The van der Waals surface area contributed by atoms with E-state index in [1.807, 2.05) is 29.9 Å². The molecule has 1 aliphatic rings. The fourth-order valence-electron chi connectivity index (χ4n) is 3.68. The Bertz CT molecular complexity index is 1010. The summed E-state index contributed by atoms with van der Waals surface area (Å²) in [5.74, 6) is -0.334. The number of hydrogen-bond acceptors (Lipinski definition) is 3. The molecule has 1 saturated heterocycles. The van der Waals surface area contributed by atoms with Crippen molar-refractivity contribution in [2.45, 2.75) is 25.1 Å². The number of carbonyl (C=O) groups excluding carboxylic acids is 1. The highest BCUT2D eigenvalue weighted by Gasteiger charge is 2.35. The zero-order valence-corrected chi connectivity index (χ0v) is 15.1. The van der Waals surface area contributed by atoms with Crippen LogP contribution in [0.25, 0.3) is 5.69 Å². The number of alkyl halides is 3. The van der Waals surface area contributed by atoms with E-state index in [9.17, 15) is 18.0 Å². The number of aromatic nitrogens is 4. The standard InChI is InChI=1S/C19H18F3N5O/c1-25-10-4-8-16(25)17-9-5-11-26(17)18(28)14-12-27(24-23-14)15-7-3-2-6-13(15)19(20,21)22/h2-4,6-8,10,12,17H,5,9,11H2,1H3. The lowest BCUT2D eigenvalue weighted by atomic mass is 10.1. The molecule has 6 nitrogen and oxygen atoms in total. The molecular formula is C19H18F3N5O. The molecule has 1 atom stereocenters. The number of carbonyl (C=O) groups is 1. The molecule has 0 spiro atoms. The van der Waals surface area contributed by atoms with Crippen LogP contribution in [0.15, 0.2) is 48.8 Å². The third-order valence-corrected chi connectivity index (χ3v) is 5.01. The molecule has 0 N–H and O–H groups in total. The Kier molecular flexibility index (Phi) is 4.44. The van der Waals surface area contributed by atoms with E-state index in [0.717, 1.165) is 29.3 Å². The number of likely N-dealkylation sites (tertiary alicyclic amines) is 1. The molecule has 1 amide bonds. The minimum Gasteiger partial charge on any atom is -0.353 e. The summed E-state index contributed by atoms with van der Waals surface area (Å²) in [4.78, 5) is 14.7. The normalized spacial score (nSPS) is 17.3. The summed E-state index contributed by atoms with van der Waals surface area (Å²) in [5, 5.41) is 7.62. The van der Waals surface area contributed by atoms with Gasteiger partial charge in [0.2, 0.25) is 0 Å². The summed E-state index contributed by atoms with van der Waals surface area (Å²) in [6.45, 7) is 0.570. The second-order valence-corrected chi connectivity index (χ2v) is 6.76. The van der Waals surface area contributed by atoms with Gasteiger partial charge in [-0.15, -0.1) is 5.10 Å². The average Bonchev–Trinajstić information content (AvgIpc) is 3.40. The monoisotopic (exact) mass is 389 g/mol. The molecule has 0 saturated carbocycles. The van der Waals surface area contributed by atoms with Crippen LogP contribution in [0.3, 0.4) is 0 Å². The average molecular weight is 389 g/mol. The zero-order chi connectivity index (χ0) is 19.9. The Hall–Kier alpha value is -3.10. The minimum atomic E-state index is -4.53. The van der Waals surface area contributed by atoms with Crippen LogP contribution in [0.1, 0.15) is 40.6 Å². The molecule has 0 radical (unpaired) electrons. The quantitative estimate of drug-likeness (QED) is 0.688. The highest BCUT2D eigenvalue weighted by molar-refractivity contribution is 5.92. The van der Waals surface area contributed by atoms with E-state index in [1.54, 1.807) is 4.90 Å². The van der Waals surface area contributed by atoms with Crippen molar-refractivity contribution in [2.75, 3.05) is 6.54 Å². The van der Waals surface area contributed by atoms with Gasteiger partial charge in [-0.2, -0.15) is 13.2 Å². The highest BCUT2D eigenvalue weighted by Crippen LogP contribution is 2.34. The lowest BCUT2D eigenvalue weighted by molar-refractivity contribution is -0.137. The van der Waals surface area contributed by atoms with E-state index in [4.69, 9.17) is 0 Å². The summed E-state index contributed by atoms with van der Waals surface area (Å²) in [6, 6.07) is 8.87. The second kappa shape index (κ2) is 6.81. The first kappa shape index (κ1) is 18.3. The van der Waals surface area contributed by atoms with Gasteiger partial charge in [0.25, 0.3) is 5.91 Å². The van der Waals surface area contributed by atoms with Gasteiger partial charge in [-0.25, -0.2) is 4.68 Å². The lowest BCUT2D eigenvalue weighted by Gasteiger charge is -2.24. The largest absolute Gasteiger partial charge is 0.418 e. The number of rotatable bonds is 3. The van der Waals surface area contributed by atoms with Crippen LogP contribution in [0.2, 0.25) is 0 Å². The maximum Gasteiger partial charge on any atom is 0.418 e. The third-order valence-electron chi connectivity index (χ3n) is 5.01. The van der Waals surface area contributed by atoms with Crippen LogP contribution in [0.5, 0.6) is 0 Å². The zero-order valence-electron chi connectivity index (χ0n) is 15.1. The summed E-state index contributed by atoms with van der Waals surface area (Å²) >= 11 is 0. The lowest BCUT2D eigenvalue weighted by Crippen LogP contribution is -2.31. The molecule has 0 bridgehead atoms. The van der Waals surface area contributed by atoms with Crippen molar-refractivity contribution in [1.82, 2.24) is 24.5 Å². The summed E-state index contributed by atoms with van der Waals surface area (Å²) in [5.41, 5.74) is 0.0439. The van der Waals surface area contributed by atoms with E-state index in [0.29, 0.717) is 6.54 Å². The van der Waals surface area contributed by atoms with Gasteiger partial charge in [-0.05, 0) is 37.1 Å². The van der Waals surface area contributed by atoms with E-state index < -0.39 is 11.7 Å². The summed E-state index contributed by atoms with van der Waals surface area (Å²) in [7, 11) is 1.92. The number of para-hydroxylation sites is 1. The number of nitrogens with zero attached hydrogens (tertiary/aromatic N) is 5. The maximum absolute atomic E-state index is 13.3. The third kappa shape index (κ3) is 3.17. The van der Waals surface area contributed by atoms with Crippen LogP contribution in [0.4, 0.5) is 13.2 Å². The van der Waals surface area contributed by atoms with Gasteiger partial charge in [-0.1, -0.05) is 17.3 Å². The van der Waals surface area contributed by atoms with Crippen molar-refractivity contribution in [3.8, 4) is 5.69 Å². The fourth-order valence-corrected chi connectivity index (χ4v) is 3.68. The van der Waals surface area contributed by atoms with Gasteiger partial charge in [0.05, 0.1) is 23.5 Å². The SMILES string of the molecule is Cn1cccc1C1CCCN1C(=O)c1cn(-c2ccccc2C(F)(F)F)nn1. The number of aryl methyl sites for hydroxylation is 1. The molecule has 1 fully saturated rings. The topological polar surface area (TPSA) is 56.0 Å². The molecule has 0 aliphatic carbocycles. The summed E-state index contributed by atoms with van der Waals surface area (Å²) in [6.07, 6.45) is 0.328. The first-order valence-corrected chi connectivity index (χ1v) is 8.87. The molecule has 146 valence electrons. The maximum atomic E-state index is 13.3. The van der Waals surface area contributed by atoms with Gasteiger partial charge in [0, 0.05) is 25.5 Å². The fraction of sp³-hybridized carbons (Fsp3) is 0.316. The van der Waals surface area contributed by atoms with Gasteiger partial charge in [-0.3, -0.25) is 4.79 Å². The Labute approximate surface area is 159 Å². The molecule has 3 heterocycles. The van der Waals surface area contributed by atoms with Crippen molar-refractivity contribution >= 4 is 5.91 Å². The molecule has 28 heavy (non-hydrogen) atoms. The van der Waals surface area contributed by atoms with E-state index >= 15 is 0 Å². The molecule has 3 aromatic rings. The Morgan fingerprint density at radius 2 is 1.96 bits per heavy atom. The minimum absolute atomic E-state index is 0.0260. The number of amides is 1. The first-order valence-electron chi connectivity index (χ1n) is 8.87. The molecule has 2 aromatic heterocycles. The van der Waals surface area contributed by atoms with Gasteiger partial charge in [0.1, 0.15) is 0 Å². The van der Waals surface area contributed by atoms with Crippen molar-refractivity contribution in [3.05, 3.63) is 65.7 Å². The van der Waals surface area contributed by atoms with Gasteiger partial charge >= 0.3 is 6.18 Å². The smallest absolute Gasteiger partial charge is 0.353 e. The van der Waals surface area contributed by atoms with Crippen molar-refractivity contribution in [2.24, 2.45) is 7.05 Å². The molecule has 1 unspecified atom stereocenters. The van der Waals surface area contributed by atoms with Crippen molar-refractivity contribution in [1.29, 1.82) is 0 Å². The predicted molar refractivity (Wildman–Crippen MR) is 94.8 cm³/mol. The molecular weight excluding hydrogens is 371 g/mol. The summed E-state index contributed by atoms with van der Waals surface area (Å²) < 4.78 is 42.7.